The van der Waals surface area contributed by atoms with Crippen LogP contribution in [0, 0.1) is 5.82 Å². The Morgan fingerprint density at radius 1 is 1.12 bits per heavy atom. The van der Waals surface area contributed by atoms with E-state index in [2.05, 4.69) is 0 Å². The van der Waals surface area contributed by atoms with Crippen LogP contribution in [0.3, 0.4) is 0 Å². The molecule has 1 amide bonds. The second-order valence-electron chi connectivity index (χ2n) is 5.57. The lowest BCUT2D eigenvalue weighted by Crippen LogP contribution is -2.41. The fraction of sp³-hybridized carbons (Fsp3) is 0.533. The van der Waals surface area contributed by atoms with Crippen molar-refractivity contribution in [3.05, 3.63) is 29.6 Å². The molecule has 132 valence electrons. The molecule has 0 saturated carbocycles. The molecule has 0 aromatic heterocycles. The molecule has 1 aromatic carbocycles. The molecule has 24 heavy (non-hydrogen) atoms. The number of morpholine rings is 1. The van der Waals surface area contributed by atoms with Crippen LogP contribution >= 0.6 is 11.8 Å². The number of hydrogen-bond acceptors (Lipinski definition) is 5. The predicted octanol–water partition coefficient (Wildman–Crippen LogP) is 1.04. The van der Waals surface area contributed by atoms with Gasteiger partial charge in [0.2, 0.25) is 10.0 Å². The summed E-state index contributed by atoms with van der Waals surface area (Å²) in [5.74, 6) is 0.610. The summed E-state index contributed by atoms with van der Waals surface area (Å²) < 4.78 is 45.8. The normalized spacial score (nSPS) is 20.1. The van der Waals surface area contributed by atoms with Crippen LogP contribution < -0.4 is 0 Å². The fourth-order valence-electron chi connectivity index (χ4n) is 2.71. The van der Waals surface area contributed by atoms with Crippen molar-refractivity contribution in [2.75, 3.05) is 50.9 Å². The van der Waals surface area contributed by atoms with Crippen LogP contribution in [0.25, 0.3) is 0 Å². The van der Waals surface area contributed by atoms with Crippen LogP contribution in [-0.4, -0.2) is 74.4 Å². The van der Waals surface area contributed by atoms with Gasteiger partial charge in [0.15, 0.2) is 0 Å². The lowest BCUT2D eigenvalue weighted by Gasteiger charge is -2.28. The monoisotopic (exact) mass is 374 g/mol. The number of ether oxygens (including phenoxy) is 1. The van der Waals surface area contributed by atoms with E-state index in [0.29, 0.717) is 13.1 Å². The molecule has 6 nitrogen and oxygen atoms in total. The van der Waals surface area contributed by atoms with E-state index in [1.54, 1.807) is 16.7 Å². The van der Waals surface area contributed by atoms with Crippen molar-refractivity contribution in [3.8, 4) is 0 Å². The molecule has 1 aromatic rings. The molecule has 0 unspecified atom stereocenters. The van der Waals surface area contributed by atoms with Crippen molar-refractivity contribution in [1.29, 1.82) is 0 Å². The highest BCUT2D eigenvalue weighted by molar-refractivity contribution is 7.99. The summed E-state index contributed by atoms with van der Waals surface area (Å²) in [5.41, 5.74) is 0.204. The number of rotatable bonds is 3. The molecule has 0 atom stereocenters. The summed E-state index contributed by atoms with van der Waals surface area (Å²) in [5, 5.41) is 0. The molecule has 2 saturated heterocycles. The van der Waals surface area contributed by atoms with E-state index in [-0.39, 0.29) is 37.8 Å². The summed E-state index contributed by atoms with van der Waals surface area (Å²) in [6, 6.07) is 3.56. The third-order valence-electron chi connectivity index (χ3n) is 4.06. The average molecular weight is 374 g/mol. The molecule has 2 heterocycles. The molecule has 0 spiro atoms. The van der Waals surface area contributed by atoms with Gasteiger partial charge in [0.1, 0.15) is 10.7 Å². The Kier molecular flexibility index (Phi) is 5.43. The number of hydrogen-bond donors (Lipinski definition) is 0. The predicted molar refractivity (Wildman–Crippen MR) is 89.2 cm³/mol. The van der Waals surface area contributed by atoms with E-state index < -0.39 is 20.7 Å². The SMILES string of the molecule is O=C(c1ccc(F)c(S(=O)(=O)N2CCOCC2)c1)N1CCSCC1. The summed E-state index contributed by atoms with van der Waals surface area (Å²) >= 11 is 1.77. The first-order chi connectivity index (χ1) is 11.5. The Morgan fingerprint density at radius 3 is 2.46 bits per heavy atom. The minimum Gasteiger partial charge on any atom is -0.379 e. The number of sulfonamides is 1. The Bertz CT molecular complexity index is 714. The average Bonchev–Trinajstić information content (AvgIpc) is 2.63. The molecule has 2 fully saturated rings. The van der Waals surface area contributed by atoms with Gasteiger partial charge in [-0.2, -0.15) is 16.1 Å². The van der Waals surface area contributed by atoms with Gasteiger partial charge < -0.3 is 9.64 Å². The zero-order chi connectivity index (χ0) is 17.2. The van der Waals surface area contributed by atoms with Crippen molar-refractivity contribution in [3.63, 3.8) is 0 Å². The highest BCUT2D eigenvalue weighted by Crippen LogP contribution is 2.23. The van der Waals surface area contributed by atoms with Crippen LogP contribution in [0.15, 0.2) is 23.1 Å². The summed E-state index contributed by atoms with van der Waals surface area (Å²) in [6.07, 6.45) is 0. The zero-order valence-electron chi connectivity index (χ0n) is 13.1. The van der Waals surface area contributed by atoms with Gasteiger partial charge in [-0.1, -0.05) is 0 Å². The standard InChI is InChI=1S/C15H19FN2O4S2/c16-13-2-1-12(15(19)17-5-9-23-10-6-17)11-14(13)24(20,21)18-3-7-22-8-4-18/h1-2,11H,3-10H2. The highest BCUT2D eigenvalue weighted by Gasteiger charge is 2.30. The van der Waals surface area contributed by atoms with E-state index in [9.17, 15) is 17.6 Å². The topological polar surface area (TPSA) is 66.9 Å². The summed E-state index contributed by atoms with van der Waals surface area (Å²) in [4.78, 5) is 13.8. The molecule has 0 radical (unpaired) electrons. The largest absolute Gasteiger partial charge is 0.379 e. The molecule has 0 bridgehead atoms. The number of carbonyl (C=O) groups excluding carboxylic acids is 1. The van der Waals surface area contributed by atoms with Crippen LogP contribution in [0.4, 0.5) is 4.39 Å². The number of amides is 1. The maximum Gasteiger partial charge on any atom is 0.253 e. The van der Waals surface area contributed by atoms with Gasteiger partial charge in [0.25, 0.3) is 5.91 Å². The number of thioether (sulfide) groups is 1. The molecule has 2 aliphatic rings. The molecule has 0 N–H and O–H groups in total. The highest BCUT2D eigenvalue weighted by atomic mass is 32.2. The van der Waals surface area contributed by atoms with Gasteiger partial charge in [-0.25, -0.2) is 12.8 Å². The second-order valence-corrected chi connectivity index (χ2v) is 8.70. The minimum absolute atomic E-state index is 0.184. The molecular formula is C15H19FN2O4S2. The Hall–Kier alpha value is -1.16. The molecule has 3 rings (SSSR count). The first-order valence-electron chi connectivity index (χ1n) is 7.74. The number of halogens is 1. The van der Waals surface area contributed by atoms with Crippen molar-refractivity contribution in [2.24, 2.45) is 0 Å². The third-order valence-corrected chi connectivity index (χ3v) is 6.92. The van der Waals surface area contributed by atoms with Crippen LogP contribution in [-0.2, 0) is 14.8 Å². The third kappa shape index (κ3) is 3.58. The molecular weight excluding hydrogens is 355 g/mol. The van der Waals surface area contributed by atoms with Crippen molar-refractivity contribution in [2.45, 2.75) is 4.90 Å². The van der Waals surface area contributed by atoms with Crippen molar-refractivity contribution < 1.29 is 22.3 Å². The number of carbonyl (C=O) groups is 1. The first kappa shape index (κ1) is 17.7. The van der Waals surface area contributed by atoms with Gasteiger partial charge in [-0.3, -0.25) is 4.79 Å². The van der Waals surface area contributed by atoms with Gasteiger partial charge >= 0.3 is 0 Å². The van der Waals surface area contributed by atoms with Gasteiger partial charge in [-0.05, 0) is 18.2 Å². The van der Waals surface area contributed by atoms with Crippen LogP contribution in [0.5, 0.6) is 0 Å². The van der Waals surface area contributed by atoms with E-state index in [4.69, 9.17) is 4.74 Å². The van der Waals surface area contributed by atoms with Crippen LogP contribution in [0.1, 0.15) is 10.4 Å². The Labute approximate surface area is 145 Å². The molecule has 2 aliphatic heterocycles. The minimum atomic E-state index is -3.98. The lowest BCUT2D eigenvalue weighted by atomic mass is 10.2. The molecule has 9 heteroatoms. The number of benzene rings is 1. The summed E-state index contributed by atoms with van der Waals surface area (Å²) in [6.45, 7) is 2.17. The Balaban J connectivity index is 1.89. The van der Waals surface area contributed by atoms with Crippen molar-refractivity contribution in [1.82, 2.24) is 9.21 Å². The molecule has 0 aliphatic carbocycles. The van der Waals surface area contributed by atoms with Gasteiger partial charge in [-0.15, -0.1) is 0 Å². The maximum atomic E-state index is 14.2. The van der Waals surface area contributed by atoms with E-state index in [0.717, 1.165) is 23.6 Å². The zero-order valence-corrected chi connectivity index (χ0v) is 14.7. The van der Waals surface area contributed by atoms with Gasteiger partial charge in [0.05, 0.1) is 13.2 Å². The Morgan fingerprint density at radius 2 is 1.79 bits per heavy atom. The van der Waals surface area contributed by atoms with E-state index >= 15 is 0 Å². The van der Waals surface area contributed by atoms with Crippen LogP contribution in [0.2, 0.25) is 0 Å². The smallest absolute Gasteiger partial charge is 0.253 e. The van der Waals surface area contributed by atoms with E-state index in [1.807, 2.05) is 0 Å². The number of nitrogens with zero attached hydrogens (tertiary/aromatic N) is 2. The fourth-order valence-corrected chi connectivity index (χ4v) is 5.11. The van der Waals surface area contributed by atoms with Crippen molar-refractivity contribution >= 4 is 27.7 Å². The summed E-state index contributed by atoms with van der Waals surface area (Å²) in [7, 11) is -3.98. The quantitative estimate of drug-likeness (QED) is 0.791. The first-order valence-corrected chi connectivity index (χ1v) is 10.3. The lowest BCUT2D eigenvalue weighted by molar-refractivity contribution is 0.0729. The maximum absolute atomic E-state index is 14.2. The van der Waals surface area contributed by atoms with E-state index in [1.165, 1.54) is 10.4 Å². The second kappa shape index (κ2) is 7.38. The van der Waals surface area contributed by atoms with Gasteiger partial charge in [0, 0.05) is 43.2 Å².